The third kappa shape index (κ3) is 9.41. The molecular weight excluding hydrogens is 300 g/mol. The molecule has 0 rings (SSSR count). The van der Waals surface area contributed by atoms with Crippen LogP contribution in [0.3, 0.4) is 0 Å². The molecule has 0 aromatic carbocycles. The molecule has 0 aliphatic carbocycles. The first-order valence-corrected chi connectivity index (χ1v) is 9.21. The molecule has 2 amide bonds. The van der Waals surface area contributed by atoms with Crippen molar-refractivity contribution in [3.63, 3.8) is 0 Å². The highest BCUT2D eigenvalue weighted by Gasteiger charge is 2.39. The predicted molar refractivity (Wildman–Crippen MR) is 104 cm³/mol. The maximum atomic E-state index is 12.7. The molecule has 0 saturated carbocycles. The second-order valence-corrected chi connectivity index (χ2v) is 9.56. The molecule has 0 atom stereocenters. The van der Waals surface area contributed by atoms with Crippen molar-refractivity contribution in [3.05, 3.63) is 0 Å². The van der Waals surface area contributed by atoms with Gasteiger partial charge in [0.2, 0.25) is 0 Å². The Morgan fingerprint density at radius 2 is 1.33 bits per heavy atom. The molecule has 0 unspecified atom stereocenters. The number of carbonyl (C=O) groups excluding carboxylic acids is 2. The van der Waals surface area contributed by atoms with E-state index in [9.17, 15) is 9.59 Å². The van der Waals surface area contributed by atoms with Crippen LogP contribution in [0.2, 0.25) is 0 Å². The highest BCUT2D eigenvalue weighted by atomic mass is 16.2. The van der Waals surface area contributed by atoms with Crippen LogP contribution in [0.1, 0.15) is 82.1 Å². The Morgan fingerprint density at radius 1 is 0.917 bits per heavy atom. The Bertz CT molecular complexity index is 416. The number of nitrogens with zero attached hydrogens (tertiary/aromatic N) is 1. The van der Waals surface area contributed by atoms with Crippen LogP contribution >= 0.6 is 0 Å². The summed E-state index contributed by atoms with van der Waals surface area (Å²) < 4.78 is 0.287. The number of nitrogens with one attached hydrogen (secondary N) is 1. The van der Waals surface area contributed by atoms with Crippen LogP contribution < -0.4 is 5.32 Å². The summed E-state index contributed by atoms with van der Waals surface area (Å²) in [5.74, 6) is 0.235. The standard InChI is InChI=1S/C18H36N2O2.C2H6/c1-11-14(21)17(5,6)12-18(7,8)19-15(22)20(9,10)13-16(2,3)4;1-2/h11-13H2,1-10H3;1-2H3/p+1. The minimum absolute atomic E-state index is 0.000303. The number of Topliss-reactive ketones (excluding diaryl/α,β-unsaturated/α-hetero) is 1. The van der Waals surface area contributed by atoms with Gasteiger partial charge in [-0.1, -0.05) is 55.4 Å². The zero-order valence-corrected chi connectivity index (χ0v) is 18.4. The Morgan fingerprint density at radius 3 is 1.67 bits per heavy atom. The van der Waals surface area contributed by atoms with Crippen LogP contribution in [0.5, 0.6) is 0 Å². The summed E-state index contributed by atoms with van der Waals surface area (Å²) in [6.07, 6.45) is 1.16. The molecule has 1 N–H and O–H groups in total. The van der Waals surface area contributed by atoms with Crippen LogP contribution in [0.15, 0.2) is 0 Å². The molecule has 0 saturated heterocycles. The van der Waals surface area contributed by atoms with E-state index >= 15 is 0 Å². The number of rotatable bonds is 6. The Hall–Kier alpha value is -0.900. The molecule has 0 aliphatic heterocycles. The second-order valence-electron chi connectivity index (χ2n) is 9.56. The summed E-state index contributed by atoms with van der Waals surface area (Å²) in [5.41, 5.74) is -0.770. The molecule has 0 aromatic rings. The number of amides is 2. The first kappa shape index (κ1) is 25.3. The first-order chi connectivity index (χ1) is 10.5. The van der Waals surface area contributed by atoms with Gasteiger partial charge < -0.3 is 5.32 Å². The number of quaternary nitrogens is 1. The van der Waals surface area contributed by atoms with E-state index in [4.69, 9.17) is 0 Å². The van der Waals surface area contributed by atoms with Crippen molar-refractivity contribution in [1.82, 2.24) is 5.32 Å². The van der Waals surface area contributed by atoms with E-state index in [-0.39, 0.29) is 21.7 Å². The van der Waals surface area contributed by atoms with Gasteiger partial charge in [-0.25, -0.2) is 9.28 Å². The maximum Gasteiger partial charge on any atom is 0.416 e. The van der Waals surface area contributed by atoms with Gasteiger partial charge in [-0.15, -0.1) is 0 Å². The lowest BCUT2D eigenvalue weighted by Crippen LogP contribution is -2.60. The van der Waals surface area contributed by atoms with Gasteiger partial charge in [0.25, 0.3) is 0 Å². The fourth-order valence-electron chi connectivity index (χ4n) is 3.42. The average molecular weight is 344 g/mol. The monoisotopic (exact) mass is 343 g/mol. The number of urea groups is 1. The van der Waals surface area contributed by atoms with Crippen LogP contribution in [0.4, 0.5) is 4.79 Å². The second kappa shape index (κ2) is 8.98. The summed E-state index contributed by atoms with van der Waals surface area (Å²) in [5, 5.41) is 3.14. The van der Waals surface area contributed by atoms with Crippen LogP contribution in [0, 0.1) is 10.8 Å². The van der Waals surface area contributed by atoms with Crippen molar-refractivity contribution < 1.29 is 14.1 Å². The van der Waals surface area contributed by atoms with Crippen LogP contribution in [-0.2, 0) is 4.79 Å². The minimum atomic E-state index is -0.424. The van der Waals surface area contributed by atoms with Crippen molar-refractivity contribution in [3.8, 4) is 0 Å². The van der Waals surface area contributed by atoms with Gasteiger partial charge in [0.05, 0.1) is 20.6 Å². The van der Waals surface area contributed by atoms with Crippen LogP contribution in [0.25, 0.3) is 0 Å². The average Bonchev–Trinajstić information content (AvgIpc) is 2.35. The molecular formula is C20H43N2O2+. The maximum absolute atomic E-state index is 12.7. The molecule has 0 heterocycles. The number of hydrogen-bond acceptors (Lipinski definition) is 2. The van der Waals surface area contributed by atoms with Crippen molar-refractivity contribution in [1.29, 1.82) is 0 Å². The topological polar surface area (TPSA) is 46.2 Å². The van der Waals surface area contributed by atoms with Gasteiger partial charge in [-0.2, -0.15) is 0 Å². The van der Waals surface area contributed by atoms with Gasteiger partial charge in [0.1, 0.15) is 5.78 Å². The first-order valence-electron chi connectivity index (χ1n) is 9.21. The third-order valence-electron chi connectivity index (χ3n) is 3.82. The molecule has 4 nitrogen and oxygen atoms in total. The summed E-state index contributed by atoms with van der Waals surface area (Å²) >= 11 is 0. The quantitative estimate of drug-likeness (QED) is 0.688. The normalized spacial score (nSPS) is 13.0. The lowest BCUT2D eigenvalue weighted by Gasteiger charge is -2.38. The van der Waals surface area contributed by atoms with Gasteiger partial charge >= 0.3 is 6.03 Å². The van der Waals surface area contributed by atoms with Crippen molar-refractivity contribution in [2.75, 3.05) is 20.6 Å². The predicted octanol–water partition coefficient (Wildman–Crippen LogP) is 5.02. The molecule has 0 aromatic heterocycles. The van der Waals surface area contributed by atoms with E-state index in [1.54, 1.807) is 0 Å². The Labute approximate surface area is 151 Å². The fraction of sp³-hybridized carbons (Fsp3) is 0.900. The van der Waals surface area contributed by atoms with E-state index in [0.717, 1.165) is 6.54 Å². The van der Waals surface area contributed by atoms with Gasteiger partial charge in [-0.05, 0) is 20.3 Å². The smallest absolute Gasteiger partial charge is 0.301 e. The zero-order valence-electron chi connectivity index (χ0n) is 18.4. The Kier molecular flexibility index (Phi) is 9.48. The van der Waals surface area contributed by atoms with E-state index < -0.39 is 11.0 Å². The van der Waals surface area contributed by atoms with Crippen LogP contribution in [-0.4, -0.2) is 42.5 Å². The number of hydrogen-bond donors (Lipinski definition) is 1. The molecule has 0 bridgehead atoms. The number of carbonyl (C=O) groups is 2. The fourth-order valence-corrected chi connectivity index (χ4v) is 3.42. The molecule has 0 fully saturated rings. The Balaban J connectivity index is 0. The highest BCUT2D eigenvalue weighted by molar-refractivity contribution is 5.84. The molecule has 0 radical (unpaired) electrons. The molecule has 24 heavy (non-hydrogen) atoms. The van der Waals surface area contributed by atoms with E-state index in [2.05, 4.69) is 26.1 Å². The van der Waals surface area contributed by atoms with Gasteiger partial charge in [0.15, 0.2) is 0 Å². The minimum Gasteiger partial charge on any atom is -0.301 e. The summed E-state index contributed by atoms with van der Waals surface area (Å²) in [6.45, 7) is 21.0. The number of ketones is 1. The third-order valence-corrected chi connectivity index (χ3v) is 3.82. The lowest BCUT2D eigenvalue weighted by molar-refractivity contribution is -0.816. The van der Waals surface area contributed by atoms with E-state index in [0.29, 0.717) is 12.8 Å². The summed E-state index contributed by atoms with van der Waals surface area (Å²) in [4.78, 5) is 24.7. The molecule has 4 heteroatoms. The van der Waals surface area contributed by atoms with E-state index in [1.807, 2.05) is 62.6 Å². The van der Waals surface area contributed by atoms with Crippen molar-refractivity contribution in [2.45, 2.75) is 87.6 Å². The highest BCUT2D eigenvalue weighted by Crippen LogP contribution is 2.30. The molecule has 144 valence electrons. The van der Waals surface area contributed by atoms with Gasteiger partial charge in [-0.3, -0.25) is 4.79 Å². The van der Waals surface area contributed by atoms with E-state index in [1.165, 1.54) is 0 Å². The van der Waals surface area contributed by atoms with Crippen molar-refractivity contribution >= 4 is 11.8 Å². The lowest BCUT2D eigenvalue weighted by atomic mass is 9.76. The van der Waals surface area contributed by atoms with Gasteiger partial charge in [0, 0.05) is 22.8 Å². The summed E-state index contributed by atoms with van der Waals surface area (Å²) in [6, 6.07) is -0.000303. The van der Waals surface area contributed by atoms with Crippen molar-refractivity contribution in [2.24, 2.45) is 10.8 Å². The molecule has 0 aliphatic rings. The zero-order chi connectivity index (χ0) is 20.0. The molecule has 0 spiro atoms. The SMILES string of the molecule is CC.CCC(=O)C(C)(C)CC(C)(C)NC(=O)[N+](C)(C)CC(C)(C)C. The summed E-state index contributed by atoms with van der Waals surface area (Å²) in [7, 11) is 3.86. The largest absolute Gasteiger partial charge is 0.416 e.